The van der Waals surface area contributed by atoms with Gasteiger partial charge in [-0.15, -0.1) is 0 Å². The number of nitrogens with one attached hydrogen (secondary N) is 2. The number of anilines is 1. The first-order chi connectivity index (χ1) is 9.40. The van der Waals surface area contributed by atoms with Crippen molar-refractivity contribution in [3.05, 3.63) is 16.7 Å². The zero-order valence-corrected chi connectivity index (χ0v) is 14.2. The maximum atomic E-state index is 12.4. The number of hydrogen-bond donors (Lipinski definition) is 2. The van der Waals surface area contributed by atoms with Crippen molar-refractivity contribution >= 4 is 31.8 Å². The molecule has 1 atom stereocenters. The lowest BCUT2D eigenvalue weighted by molar-refractivity contribution is 0.188. The minimum absolute atomic E-state index is 0.137. The topological polar surface area (TPSA) is 80.3 Å². The van der Waals surface area contributed by atoms with E-state index in [1.165, 1.54) is 6.07 Å². The van der Waals surface area contributed by atoms with Gasteiger partial charge in [0.05, 0.1) is 0 Å². The predicted molar refractivity (Wildman–Crippen MR) is 82.4 cm³/mol. The molecule has 20 heavy (non-hydrogen) atoms. The summed E-state index contributed by atoms with van der Waals surface area (Å²) in [6.45, 7) is 4.78. The second kappa shape index (κ2) is 7.92. The molecule has 0 aromatic carbocycles. The Kier molecular flexibility index (Phi) is 6.87. The number of aromatic nitrogens is 1. The van der Waals surface area contributed by atoms with Crippen molar-refractivity contribution in [2.24, 2.45) is 0 Å². The van der Waals surface area contributed by atoms with Gasteiger partial charge in [0.15, 0.2) is 0 Å². The van der Waals surface area contributed by atoms with Crippen LogP contribution in [-0.4, -0.2) is 39.7 Å². The highest BCUT2D eigenvalue weighted by Crippen LogP contribution is 2.23. The first kappa shape index (κ1) is 17.4. The number of methoxy groups -OCH3 is 1. The standard InChI is InChI=1S/C12H20BrN3O3S/c1-4-14-12-11(7-10(13)8-15-12)20(17,18)16-9(2)5-6-19-3/h7-9,16H,4-6H2,1-3H3,(H,14,15). The first-order valence-electron chi connectivity index (χ1n) is 6.31. The molecule has 0 amide bonds. The van der Waals surface area contributed by atoms with Gasteiger partial charge in [0.2, 0.25) is 10.0 Å². The van der Waals surface area contributed by atoms with Crippen LogP contribution in [0.15, 0.2) is 21.6 Å². The maximum Gasteiger partial charge on any atom is 0.244 e. The summed E-state index contributed by atoms with van der Waals surface area (Å²) in [6.07, 6.45) is 2.17. The minimum atomic E-state index is -3.63. The summed E-state index contributed by atoms with van der Waals surface area (Å²) in [7, 11) is -2.04. The number of rotatable bonds is 8. The molecular weight excluding hydrogens is 346 g/mol. The third-order valence-corrected chi connectivity index (χ3v) is 4.60. The van der Waals surface area contributed by atoms with E-state index >= 15 is 0 Å². The molecule has 1 aromatic rings. The molecule has 1 aromatic heterocycles. The van der Waals surface area contributed by atoms with Crippen molar-refractivity contribution in [1.29, 1.82) is 0 Å². The van der Waals surface area contributed by atoms with Crippen LogP contribution in [-0.2, 0) is 14.8 Å². The van der Waals surface area contributed by atoms with E-state index in [9.17, 15) is 8.42 Å². The van der Waals surface area contributed by atoms with Gasteiger partial charge in [0.25, 0.3) is 0 Å². The Bertz CT molecular complexity index is 537. The fraction of sp³-hybridized carbons (Fsp3) is 0.583. The molecule has 8 heteroatoms. The number of sulfonamides is 1. The number of hydrogen-bond acceptors (Lipinski definition) is 5. The lowest BCUT2D eigenvalue weighted by atomic mass is 10.3. The molecule has 0 aliphatic rings. The lowest BCUT2D eigenvalue weighted by Crippen LogP contribution is -2.34. The second-order valence-electron chi connectivity index (χ2n) is 4.33. The van der Waals surface area contributed by atoms with Crippen LogP contribution in [0, 0.1) is 0 Å². The fourth-order valence-electron chi connectivity index (χ4n) is 1.61. The van der Waals surface area contributed by atoms with Crippen LogP contribution >= 0.6 is 15.9 Å². The third-order valence-electron chi connectivity index (χ3n) is 2.56. The van der Waals surface area contributed by atoms with Gasteiger partial charge in [-0.1, -0.05) is 0 Å². The molecule has 0 saturated heterocycles. The van der Waals surface area contributed by atoms with E-state index in [1.807, 2.05) is 6.92 Å². The van der Waals surface area contributed by atoms with Crippen LogP contribution in [0.4, 0.5) is 5.82 Å². The first-order valence-corrected chi connectivity index (χ1v) is 8.59. The van der Waals surface area contributed by atoms with E-state index < -0.39 is 10.0 Å². The molecule has 6 nitrogen and oxygen atoms in total. The van der Waals surface area contributed by atoms with Gasteiger partial charge in [0, 0.05) is 37.0 Å². The van der Waals surface area contributed by atoms with Gasteiger partial charge in [-0.05, 0) is 42.3 Å². The molecule has 1 heterocycles. The van der Waals surface area contributed by atoms with Crippen molar-refractivity contribution in [3.63, 3.8) is 0 Å². The molecule has 2 N–H and O–H groups in total. The number of ether oxygens (including phenoxy) is 1. The highest BCUT2D eigenvalue weighted by molar-refractivity contribution is 9.10. The van der Waals surface area contributed by atoms with E-state index in [0.717, 1.165) is 0 Å². The Morgan fingerprint density at radius 2 is 2.20 bits per heavy atom. The Hall–Kier alpha value is -0.700. The van der Waals surface area contributed by atoms with Crippen molar-refractivity contribution in [3.8, 4) is 0 Å². The van der Waals surface area contributed by atoms with Gasteiger partial charge in [-0.2, -0.15) is 0 Å². The van der Waals surface area contributed by atoms with Crippen LogP contribution < -0.4 is 10.0 Å². The molecule has 0 bridgehead atoms. The molecule has 114 valence electrons. The van der Waals surface area contributed by atoms with Crippen LogP contribution in [0.1, 0.15) is 20.3 Å². The molecule has 0 radical (unpaired) electrons. The summed E-state index contributed by atoms with van der Waals surface area (Å²) in [5.41, 5.74) is 0. The lowest BCUT2D eigenvalue weighted by Gasteiger charge is -2.16. The summed E-state index contributed by atoms with van der Waals surface area (Å²) >= 11 is 3.25. The monoisotopic (exact) mass is 365 g/mol. The number of nitrogens with zero attached hydrogens (tertiary/aromatic N) is 1. The van der Waals surface area contributed by atoms with Crippen molar-refractivity contribution in [1.82, 2.24) is 9.71 Å². The van der Waals surface area contributed by atoms with Crippen LogP contribution in [0.5, 0.6) is 0 Å². The smallest absolute Gasteiger partial charge is 0.244 e. The summed E-state index contributed by atoms with van der Waals surface area (Å²) < 4.78 is 33.0. The second-order valence-corrected chi connectivity index (χ2v) is 6.93. The molecule has 1 rings (SSSR count). The van der Waals surface area contributed by atoms with Gasteiger partial charge in [-0.3, -0.25) is 0 Å². The van der Waals surface area contributed by atoms with Gasteiger partial charge >= 0.3 is 0 Å². The SMILES string of the molecule is CCNc1ncc(Br)cc1S(=O)(=O)NC(C)CCOC. The summed E-state index contributed by atoms with van der Waals surface area (Å²) in [5.74, 6) is 0.349. The van der Waals surface area contributed by atoms with Crippen LogP contribution in [0.2, 0.25) is 0 Å². The van der Waals surface area contributed by atoms with E-state index in [2.05, 4.69) is 31.0 Å². The molecule has 1 unspecified atom stereocenters. The Morgan fingerprint density at radius 3 is 2.80 bits per heavy atom. The highest BCUT2D eigenvalue weighted by Gasteiger charge is 2.22. The predicted octanol–water partition coefficient (Wildman–Crippen LogP) is 1.98. The molecule has 0 aliphatic heterocycles. The Balaban J connectivity index is 2.99. The van der Waals surface area contributed by atoms with Crippen molar-refractivity contribution in [2.45, 2.75) is 31.2 Å². The quantitative estimate of drug-likeness (QED) is 0.736. The summed E-state index contributed by atoms with van der Waals surface area (Å²) in [5, 5.41) is 2.95. The van der Waals surface area contributed by atoms with Crippen LogP contribution in [0.25, 0.3) is 0 Å². The zero-order valence-electron chi connectivity index (χ0n) is 11.8. The van der Waals surface area contributed by atoms with Crippen molar-refractivity contribution in [2.75, 3.05) is 25.6 Å². The van der Waals surface area contributed by atoms with Crippen LogP contribution in [0.3, 0.4) is 0 Å². The van der Waals surface area contributed by atoms with E-state index in [-0.39, 0.29) is 10.9 Å². The highest BCUT2D eigenvalue weighted by atomic mass is 79.9. The minimum Gasteiger partial charge on any atom is -0.385 e. The Morgan fingerprint density at radius 1 is 1.50 bits per heavy atom. The van der Waals surface area contributed by atoms with E-state index in [0.29, 0.717) is 29.9 Å². The van der Waals surface area contributed by atoms with Crippen molar-refractivity contribution < 1.29 is 13.2 Å². The number of halogens is 1. The van der Waals surface area contributed by atoms with Gasteiger partial charge in [-0.25, -0.2) is 18.1 Å². The molecular formula is C12H20BrN3O3S. The summed E-state index contributed by atoms with van der Waals surface area (Å²) in [4.78, 5) is 4.24. The van der Waals surface area contributed by atoms with Gasteiger partial charge in [0.1, 0.15) is 10.7 Å². The molecule has 0 fully saturated rings. The largest absolute Gasteiger partial charge is 0.385 e. The maximum absolute atomic E-state index is 12.4. The normalized spacial score (nSPS) is 13.2. The average molecular weight is 366 g/mol. The number of pyridine rings is 1. The molecule has 0 spiro atoms. The van der Waals surface area contributed by atoms with E-state index in [4.69, 9.17) is 4.74 Å². The average Bonchev–Trinajstić information content (AvgIpc) is 2.38. The Labute approximate surface area is 128 Å². The summed E-state index contributed by atoms with van der Waals surface area (Å²) in [6, 6.07) is 1.32. The third kappa shape index (κ3) is 5.01. The molecule has 0 aliphatic carbocycles. The van der Waals surface area contributed by atoms with E-state index in [1.54, 1.807) is 20.2 Å². The molecule has 0 saturated carbocycles. The fourth-order valence-corrected chi connectivity index (χ4v) is 3.53. The zero-order chi connectivity index (χ0) is 15.2. The van der Waals surface area contributed by atoms with Gasteiger partial charge < -0.3 is 10.1 Å².